The topological polar surface area (TPSA) is 64.9 Å². The Labute approximate surface area is 112 Å². The van der Waals surface area contributed by atoms with Crippen LogP contribution in [0.3, 0.4) is 0 Å². The second kappa shape index (κ2) is 4.08. The highest BCUT2D eigenvalue weighted by atomic mass is 16.5. The molecular weight excluding hydrogens is 238 g/mol. The first kappa shape index (κ1) is 11.0. The Morgan fingerprint density at radius 1 is 1.16 bits per heavy atom. The summed E-state index contributed by atoms with van der Waals surface area (Å²) >= 11 is 0. The van der Waals surface area contributed by atoms with Crippen LogP contribution in [-0.2, 0) is 0 Å². The molecule has 3 atom stereocenters. The zero-order valence-electron chi connectivity index (χ0n) is 10.7. The summed E-state index contributed by atoms with van der Waals surface area (Å²) in [6.45, 7) is 0. The minimum absolute atomic E-state index is 0.434. The molecule has 0 aromatic carbocycles. The maximum absolute atomic E-state index is 5.99. The average Bonchev–Trinajstić information content (AvgIpc) is 3.14. The Bertz CT molecular complexity index is 593. The van der Waals surface area contributed by atoms with E-state index in [4.69, 9.17) is 10.3 Å². The zero-order valence-corrected chi connectivity index (χ0v) is 10.7. The molecule has 4 rings (SSSR count). The molecular formula is C15H17N3O. The second-order valence-electron chi connectivity index (χ2n) is 5.82. The van der Waals surface area contributed by atoms with Crippen molar-refractivity contribution in [2.45, 2.75) is 31.6 Å². The number of pyridine rings is 1. The van der Waals surface area contributed by atoms with Gasteiger partial charge in [-0.15, -0.1) is 0 Å². The predicted octanol–water partition coefficient (Wildman–Crippen LogP) is 3.22. The van der Waals surface area contributed by atoms with E-state index in [0.717, 1.165) is 28.7 Å². The molecule has 0 radical (unpaired) electrons. The third kappa shape index (κ3) is 1.66. The van der Waals surface area contributed by atoms with Crippen molar-refractivity contribution >= 4 is 5.88 Å². The van der Waals surface area contributed by atoms with E-state index in [1.165, 1.54) is 25.7 Å². The lowest BCUT2D eigenvalue weighted by Gasteiger charge is -2.20. The van der Waals surface area contributed by atoms with Crippen molar-refractivity contribution in [3.8, 4) is 11.1 Å². The van der Waals surface area contributed by atoms with Gasteiger partial charge in [-0.25, -0.2) is 0 Å². The normalized spacial score (nSPS) is 28.9. The summed E-state index contributed by atoms with van der Waals surface area (Å²) < 4.78 is 5.28. The van der Waals surface area contributed by atoms with Gasteiger partial charge in [0, 0.05) is 18.3 Å². The number of nitrogens with zero attached hydrogens (tertiary/aromatic N) is 2. The molecule has 98 valence electrons. The Hall–Kier alpha value is -1.84. The maximum Gasteiger partial charge on any atom is 0.230 e. The Balaban J connectivity index is 1.78. The molecule has 3 unspecified atom stereocenters. The molecule has 2 bridgehead atoms. The summed E-state index contributed by atoms with van der Waals surface area (Å²) in [6.07, 6.45) is 8.89. The number of anilines is 1. The first-order valence-electron chi connectivity index (χ1n) is 6.98. The lowest BCUT2D eigenvalue weighted by atomic mass is 9.84. The van der Waals surface area contributed by atoms with E-state index in [1.54, 1.807) is 12.4 Å². The molecule has 19 heavy (non-hydrogen) atoms. The van der Waals surface area contributed by atoms with Gasteiger partial charge in [-0.2, -0.15) is 0 Å². The zero-order chi connectivity index (χ0) is 12.8. The number of hydrogen-bond donors (Lipinski definition) is 1. The SMILES string of the molecule is Nc1onc(C2CC3CCC2C3)c1-c1ccncc1. The van der Waals surface area contributed by atoms with Gasteiger partial charge in [-0.05, 0) is 48.8 Å². The molecule has 2 aromatic heterocycles. The Morgan fingerprint density at radius 2 is 2.00 bits per heavy atom. The van der Waals surface area contributed by atoms with E-state index in [9.17, 15) is 0 Å². The molecule has 2 aromatic rings. The molecule has 2 heterocycles. The van der Waals surface area contributed by atoms with Crippen LogP contribution in [0.25, 0.3) is 11.1 Å². The molecule has 0 aliphatic heterocycles. The molecule has 2 N–H and O–H groups in total. The predicted molar refractivity (Wildman–Crippen MR) is 72.3 cm³/mol. The van der Waals surface area contributed by atoms with E-state index < -0.39 is 0 Å². The fourth-order valence-corrected chi connectivity index (χ4v) is 3.96. The van der Waals surface area contributed by atoms with Crippen LogP contribution in [-0.4, -0.2) is 10.1 Å². The summed E-state index contributed by atoms with van der Waals surface area (Å²) in [4.78, 5) is 4.06. The Kier molecular flexibility index (Phi) is 2.37. The van der Waals surface area contributed by atoms with Crippen molar-refractivity contribution < 1.29 is 4.52 Å². The van der Waals surface area contributed by atoms with Crippen LogP contribution >= 0.6 is 0 Å². The van der Waals surface area contributed by atoms with Gasteiger partial charge in [0.05, 0.1) is 11.3 Å². The monoisotopic (exact) mass is 255 g/mol. The van der Waals surface area contributed by atoms with Gasteiger partial charge in [0.1, 0.15) is 0 Å². The summed E-state index contributed by atoms with van der Waals surface area (Å²) in [6, 6.07) is 3.94. The van der Waals surface area contributed by atoms with E-state index in [1.807, 2.05) is 12.1 Å². The molecule has 0 saturated heterocycles. The number of rotatable bonds is 2. The third-order valence-corrected chi connectivity index (χ3v) is 4.80. The van der Waals surface area contributed by atoms with Gasteiger partial charge in [-0.3, -0.25) is 4.98 Å². The van der Waals surface area contributed by atoms with Crippen molar-refractivity contribution in [3.05, 3.63) is 30.2 Å². The van der Waals surface area contributed by atoms with Crippen LogP contribution in [0.4, 0.5) is 5.88 Å². The largest absolute Gasteiger partial charge is 0.367 e. The van der Waals surface area contributed by atoms with Gasteiger partial charge in [0.2, 0.25) is 5.88 Å². The van der Waals surface area contributed by atoms with Crippen molar-refractivity contribution in [1.29, 1.82) is 0 Å². The molecule has 2 saturated carbocycles. The van der Waals surface area contributed by atoms with Gasteiger partial charge >= 0.3 is 0 Å². The summed E-state index contributed by atoms with van der Waals surface area (Å²) in [5, 5.41) is 4.27. The molecule has 4 heteroatoms. The number of fused-ring (bicyclic) bond motifs is 2. The van der Waals surface area contributed by atoms with Gasteiger partial charge in [0.15, 0.2) is 0 Å². The average molecular weight is 255 g/mol. The van der Waals surface area contributed by atoms with Crippen molar-refractivity contribution in [1.82, 2.24) is 10.1 Å². The lowest BCUT2D eigenvalue weighted by Crippen LogP contribution is -2.10. The molecule has 2 aliphatic carbocycles. The van der Waals surface area contributed by atoms with Crippen LogP contribution in [0, 0.1) is 11.8 Å². The second-order valence-corrected chi connectivity index (χ2v) is 5.82. The Morgan fingerprint density at radius 3 is 2.68 bits per heavy atom. The van der Waals surface area contributed by atoms with Gasteiger partial charge in [0.25, 0.3) is 0 Å². The van der Waals surface area contributed by atoms with Gasteiger partial charge < -0.3 is 10.3 Å². The van der Waals surface area contributed by atoms with E-state index >= 15 is 0 Å². The number of hydrogen-bond acceptors (Lipinski definition) is 4. The van der Waals surface area contributed by atoms with Crippen LogP contribution in [0.1, 0.15) is 37.3 Å². The van der Waals surface area contributed by atoms with Crippen LogP contribution in [0.15, 0.2) is 29.0 Å². The first-order chi connectivity index (χ1) is 9.33. The van der Waals surface area contributed by atoms with Crippen molar-refractivity contribution in [2.75, 3.05) is 5.73 Å². The number of nitrogens with two attached hydrogens (primary N) is 1. The highest BCUT2D eigenvalue weighted by molar-refractivity contribution is 5.75. The summed E-state index contributed by atoms with van der Waals surface area (Å²) in [7, 11) is 0. The number of aromatic nitrogens is 2. The van der Waals surface area contributed by atoms with Crippen LogP contribution in [0.2, 0.25) is 0 Å². The highest BCUT2D eigenvalue weighted by Gasteiger charge is 2.42. The molecule has 2 fully saturated rings. The smallest absolute Gasteiger partial charge is 0.230 e. The number of nitrogen functional groups attached to an aromatic ring is 1. The lowest BCUT2D eigenvalue weighted by molar-refractivity contribution is 0.375. The van der Waals surface area contributed by atoms with Gasteiger partial charge in [-0.1, -0.05) is 11.6 Å². The first-order valence-corrected chi connectivity index (χ1v) is 6.98. The molecule has 0 amide bonds. The quantitative estimate of drug-likeness (QED) is 0.894. The minimum atomic E-state index is 0.434. The van der Waals surface area contributed by atoms with Crippen LogP contribution < -0.4 is 5.73 Å². The van der Waals surface area contributed by atoms with E-state index in [2.05, 4.69) is 10.1 Å². The van der Waals surface area contributed by atoms with E-state index in [0.29, 0.717) is 11.8 Å². The summed E-state index contributed by atoms with van der Waals surface area (Å²) in [5.41, 5.74) is 9.10. The van der Waals surface area contributed by atoms with E-state index in [-0.39, 0.29) is 0 Å². The molecule has 2 aliphatic rings. The summed E-state index contributed by atoms with van der Waals surface area (Å²) in [5.74, 6) is 2.63. The van der Waals surface area contributed by atoms with Crippen molar-refractivity contribution in [3.63, 3.8) is 0 Å². The maximum atomic E-state index is 5.99. The standard InChI is InChI=1S/C15H17N3O/c16-15-13(10-3-5-17-6-4-10)14(18-19-15)12-8-9-1-2-11(12)7-9/h3-6,9,11-12H,1-2,7-8,16H2. The minimum Gasteiger partial charge on any atom is -0.367 e. The fraction of sp³-hybridized carbons (Fsp3) is 0.467. The van der Waals surface area contributed by atoms with Crippen LogP contribution in [0.5, 0.6) is 0 Å². The highest BCUT2D eigenvalue weighted by Crippen LogP contribution is 2.54. The third-order valence-electron chi connectivity index (χ3n) is 4.80. The molecule has 4 nitrogen and oxygen atoms in total. The van der Waals surface area contributed by atoms with Crippen molar-refractivity contribution in [2.24, 2.45) is 11.8 Å². The molecule has 0 spiro atoms. The fourth-order valence-electron chi connectivity index (χ4n) is 3.96.